The smallest absolute Gasteiger partial charge is 0.101 e. The van der Waals surface area contributed by atoms with Gasteiger partial charge in [-0.2, -0.15) is 5.26 Å². The molecule has 2 N–H and O–H groups in total. The standard InChI is InChI=1S/C14H18N4/c15-9-11-2-6-16-10-13(11)18-12-3-7-17-14(8-12)4-1-5-14/h2,6,10,12,17-18H,1,3-5,7-8H2. The SMILES string of the molecule is N#Cc1ccncc1NC1CCNC2(CCC2)C1. The molecule has 18 heavy (non-hydrogen) atoms. The molecule has 3 rings (SSSR count). The summed E-state index contributed by atoms with van der Waals surface area (Å²) in [6, 6.07) is 4.44. The Labute approximate surface area is 107 Å². The minimum atomic E-state index is 0.380. The zero-order valence-corrected chi connectivity index (χ0v) is 10.4. The first-order chi connectivity index (χ1) is 8.81. The lowest BCUT2D eigenvalue weighted by atomic mass is 9.70. The predicted molar refractivity (Wildman–Crippen MR) is 70.2 cm³/mol. The van der Waals surface area contributed by atoms with Crippen molar-refractivity contribution in [2.45, 2.75) is 43.7 Å². The lowest BCUT2D eigenvalue weighted by molar-refractivity contribution is 0.135. The monoisotopic (exact) mass is 242 g/mol. The Kier molecular flexibility index (Phi) is 2.92. The van der Waals surface area contributed by atoms with Gasteiger partial charge in [0.2, 0.25) is 0 Å². The molecule has 2 fully saturated rings. The number of rotatable bonds is 2. The third-order valence-electron chi connectivity index (χ3n) is 4.24. The molecule has 1 unspecified atom stereocenters. The van der Waals surface area contributed by atoms with Gasteiger partial charge in [-0.25, -0.2) is 0 Å². The van der Waals surface area contributed by atoms with E-state index in [1.165, 1.54) is 19.3 Å². The Morgan fingerprint density at radius 1 is 1.50 bits per heavy atom. The van der Waals surface area contributed by atoms with Gasteiger partial charge in [-0.3, -0.25) is 4.98 Å². The van der Waals surface area contributed by atoms with E-state index in [9.17, 15) is 0 Å². The number of hydrogen-bond acceptors (Lipinski definition) is 4. The highest BCUT2D eigenvalue weighted by Gasteiger charge is 2.40. The van der Waals surface area contributed by atoms with Gasteiger partial charge < -0.3 is 10.6 Å². The second-order valence-electron chi connectivity index (χ2n) is 5.43. The van der Waals surface area contributed by atoms with Gasteiger partial charge in [-0.05, 0) is 44.7 Å². The summed E-state index contributed by atoms with van der Waals surface area (Å²) >= 11 is 0. The summed E-state index contributed by atoms with van der Waals surface area (Å²) in [4.78, 5) is 4.10. The molecule has 1 saturated carbocycles. The molecule has 4 heteroatoms. The third-order valence-corrected chi connectivity index (χ3v) is 4.24. The number of nitriles is 1. The maximum atomic E-state index is 9.08. The van der Waals surface area contributed by atoms with Crippen LogP contribution in [-0.4, -0.2) is 23.1 Å². The van der Waals surface area contributed by atoms with Crippen molar-refractivity contribution in [3.63, 3.8) is 0 Å². The number of pyridine rings is 1. The number of hydrogen-bond donors (Lipinski definition) is 2. The molecule has 1 aliphatic heterocycles. The van der Waals surface area contributed by atoms with Gasteiger partial charge >= 0.3 is 0 Å². The van der Waals surface area contributed by atoms with E-state index in [0.717, 1.165) is 25.1 Å². The van der Waals surface area contributed by atoms with Crippen LogP contribution in [0.15, 0.2) is 18.5 Å². The molecular formula is C14H18N4. The quantitative estimate of drug-likeness (QED) is 0.833. The van der Waals surface area contributed by atoms with E-state index in [2.05, 4.69) is 21.7 Å². The molecular weight excluding hydrogens is 224 g/mol. The molecule has 2 aliphatic rings. The topological polar surface area (TPSA) is 60.7 Å². The Hall–Kier alpha value is -1.60. The van der Waals surface area contributed by atoms with Crippen LogP contribution in [0.4, 0.5) is 5.69 Å². The molecule has 0 bridgehead atoms. The Balaban J connectivity index is 1.70. The number of nitrogens with zero attached hydrogens (tertiary/aromatic N) is 2. The summed E-state index contributed by atoms with van der Waals surface area (Å²) < 4.78 is 0. The Bertz CT molecular complexity index is 473. The molecule has 0 aromatic carbocycles. The third kappa shape index (κ3) is 2.06. The van der Waals surface area contributed by atoms with Crippen LogP contribution in [0.3, 0.4) is 0 Å². The average molecular weight is 242 g/mol. The van der Waals surface area contributed by atoms with Gasteiger partial charge in [0.25, 0.3) is 0 Å². The molecule has 4 nitrogen and oxygen atoms in total. The summed E-state index contributed by atoms with van der Waals surface area (Å²) in [5, 5.41) is 16.2. The fraction of sp³-hybridized carbons (Fsp3) is 0.571. The van der Waals surface area contributed by atoms with Gasteiger partial charge in [-0.15, -0.1) is 0 Å². The minimum absolute atomic E-state index is 0.380. The highest BCUT2D eigenvalue weighted by atomic mass is 15.1. The molecule has 0 radical (unpaired) electrons. The summed E-state index contributed by atoms with van der Waals surface area (Å²) in [5.41, 5.74) is 1.94. The van der Waals surface area contributed by atoms with Crippen LogP contribution in [0.2, 0.25) is 0 Å². The predicted octanol–water partition coefficient (Wildman–Crippen LogP) is 2.04. The average Bonchev–Trinajstić information content (AvgIpc) is 2.38. The van der Waals surface area contributed by atoms with Gasteiger partial charge in [0, 0.05) is 17.8 Å². The first-order valence-corrected chi connectivity index (χ1v) is 6.67. The summed E-state index contributed by atoms with van der Waals surface area (Å²) in [7, 11) is 0. The number of piperidine rings is 1. The van der Waals surface area contributed by atoms with Crippen molar-refractivity contribution in [3.8, 4) is 6.07 Å². The molecule has 1 atom stereocenters. The van der Waals surface area contributed by atoms with E-state index in [1.54, 1.807) is 18.5 Å². The van der Waals surface area contributed by atoms with Crippen molar-refractivity contribution in [3.05, 3.63) is 24.0 Å². The van der Waals surface area contributed by atoms with Crippen LogP contribution in [0.1, 0.15) is 37.7 Å². The summed E-state index contributed by atoms with van der Waals surface area (Å²) in [6.45, 7) is 1.07. The van der Waals surface area contributed by atoms with Crippen molar-refractivity contribution in [1.82, 2.24) is 10.3 Å². The molecule has 1 aromatic heterocycles. The van der Waals surface area contributed by atoms with E-state index in [1.807, 2.05) is 0 Å². The van der Waals surface area contributed by atoms with Crippen LogP contribution in [0.5, 0.6) is 0 Å². The van der Waals surface area contributed by atoms with Gasteiger partial charge in [0.1, 0.15) is 6.07 Å². The van der Waals surface area contributed by atoms with Gasteiger partial charge in [-0.1, -0.05) is 0 Å². The highest BCUT2D eigenvalue weighted by molar-refractivity contribution is 5.56. The zero-order valence-electron chi connectivity index (χ0n) is 10.4. The van der Waals surface area contributed by atoms with Crippen molar-refractivity contribution >= 4 is 5.69 Å². The van der Waals surface area contributed by atoms with Gasteiger partial charge in [0.05, 0.1) is 17.4 Å². The van der Waals surface area contributed by atoms with E-state index in [0.29, 0.717) is 17.1 Å². The van der Waals surface area contributed by atoms with Crippen LogP contribution in [0, 0.1) is 11.3 Å². The van der Waals surface area contributed by atoms with Crippen molar-refractivity contribution in [2.75, 3.05) is 11.9 Å². The normalized spacial score (nSPS) is 25.2. The lowest BCUT2D eigenvalue weighted by Gasteiger charge is -2.48. The van der Waals surface area contributed by atoms with E-state index in [-0.39, 0.29) is 0 Å². The summed E-state index contributed by atoms with van der Waals surface area (Å²) in [6.07, 6.45) is 9.63. The maximum absolute atomic E-state index is 9.08. The van der Waals surface area contributed by atoms with Crippen molar-refractivity contribution in [2.24, 2.45) is 0 Å². The number of nitrogens with one attached hydrogen (secondary N) is 2. The molecule has 1 saturated heterocycles. The first kappa shape index (κ1) is 11.5. The Morgan fingerprint density at radius 2 is 2.39 bits per heavy atom. The van der Waals surface area contributed by atoms with E-state index >= 15 is 0 Å². The summed E-state index contributed by atoms with van der Waals surface area (Å²) in [5.74, 6) is 0. The zero-order chi connectivity index (χ0) is 12.4. The number of anilines is 1. The van der Waals surface area contributed by atoms with Gasteiger partial charge in [0.15, 0.2) is 0 Å². The highest BCUT2D eigenvalue weighted by Crippen LogP contribution is 2.39. The fourth-order valence-corrected chi connectivity index (χ4v) is 3.09. The van der Waals surface area contributed by atoms with Crippen LogP contribution in [-0.2, 0) is 0 Å². The van der Waals surface area contributed by atoms with Crippen molar-refractivity contribution in [1.29, 1.82) is 5.26 Å². The Morgan fingerprint density at radius 3 is 3.11 bits per heavy atom. The molecule has 1 spiro atoms. The van der Waals surface area contributed by atoms with E-state index < -0.39 is 0 Å². The minimum Gasteiger partial charge on any atom is -0.380 e. The lowest BCUT2D eigenvalue weighted by Crippen LogP contribution is -2.58. The molecule has 1 aliphatic carbocycles. The second kappa shape index (κ2) is 4.58. The first-order valence-electron chi connectivity index (χ1n) is 6.67. The van der Waals surface area contributed by atoms with Crippen LogP contribution in [0.25, 0.3) is 0 Å². The molecule has 94 valence electrons. The fourth-order valence-electron chi connectivity index (χ4n) is 3.09. The van der Waals surface area contributed by atoms with Crippen LogP contribution >= 0.6 is 0 Å². The second-order valence-corrected chi connectivity index (χ2v) is 5.43. The van der Waals surface area contributed by atoms with E-state index in [4.69, 9.17) is 5.26 Å². The molecule has 2 heterocycles. The maximum Gasteiger partial charge on any atom is 0.101 e. The largest absolute Gasteiger partial charge is 0.380 e. The van der Waals surface area contributed by atoms with Crippen LogP contribution < -0.4 is 10.6 Å². The molecule has 0 amide bonds. The number of aromatic nitrogens is 1. The molecule has 1 aromatic rings. The van der Waals surface area contributed by atoms with Crippen molar-refractivity contribution < 1.29 is 0 Å².